The van der Waals surface area contributed by atoms with Gasteiger partial charge in [0.05, 0.1) is 6.54 Å². The van der Waals surface area contributed by atoms with Crippen molar-refractivity contribution in [2.45, 2.75) is 19.4 Å². The Morgan fingerprint density at radius 3 is 2.50 bits per heavy atom. The van der Waals surface area contributed by atoms with Gasteiger partial charge in [0.25, 0.3) is 0 Å². The molecule has 0 saturated heterocycles. The van der Waals surface area contributed by atoms with E-state index >= 15 is 0 Å². The van der Waals surface area contributed by atoms with Crippen molar-refractivity contribution in [3.05, 3.63) is 29.8 Å². The van der Waals surface area contributed by atoms with Gasteiger partial charge in [0.15, 0.2) is 0 Å². The lowest BCUT2D eigenvalue weighted by Gasteiger charge is -2.14. The van der Waals surface area contributed by atoms with Crippen LogP contribution in [0.5, 0.6) is 5.75 Å². The maximum Gasteiger partial charge on any atom is 0.326 e. The van der Waals surface area contributed by atoms with Crippen LogP contribution >= 0.6 is 0 Å². The third kappa shape index (κ3) is 5.31. The van der Waals surface area contributed by atoms with Crippen molar-refractivity contribution in [1.82, 2.24) is 10.6 Å². The number of aliphatic carboxylic acids is 1. The maximum atomic E-state index is 11.5. The van der Waals surface area contributed by atoms with E-state index in [2.05, 4.69) is 22.5 Å². The Kier molecular flexibility index (Phi) is 5.91. The van der Waals surface area contributed by atoms with Crippen LogP contribution in [0.25, 0.3) is 0 Å². The SMILES string of the molecule is CC#CCNC(=O)N[C@@H](Cc1ccc(O)cc1)C(=O)O. The summed E-state index contributed by atoms with van der Waals surface area (Å²) in [5, 5.41) is 23.0. The van der Waals surface area contributed by atoms with Crippen LogP contribution in [0.15, 0.2) is 24.3 Å². The van der Waals surface area contributed by atoms with Gasteiger partial charge in [-0.15, -0.1) is 5.92 Å². The molecule has 0 bridgehead atoms. The van der Waals surface area contributed by atoms with Gasteiger partial charge in [-0.3, -0.25) is 0 Å². The molecule has 0 aliphatic carbocycles. The van der Waals surface area contributed by atoms with Gasteiger partial charge >= 0.3 is 12.0 Å². The van der Waals surface area contributed by atoms with Crippen LogP contribution in [0.2, 0.25) is 0 Å². The molecule has 0 heterocycles. The average molecular weight is 276 g/mol. The van der Waals surface area contributed by atoms with Gasteiger partial charge in [-0.2, -0.15) is 0 Å². The van der Waals surface area contributed by atoms with Crippen LogP contribution in [0.3, 0.4) is 0 Å². The number of nitrogens with one attached hydrogen (secondary N) is 2. The number of phenolic OH excluding ortho intramolecular Hbond substituents is 1. The molecule has 20 heavy (non-hydrogen) atoms. The van der Waals surface area contributed by atoms with Crippen molar-refractivity contribution in [3.8, 4) is 17.6 Å². The highest BCUT2D eigenvalue weighted by molar-refractivity contribution is 5.82. The summed E-state index contributed by atoms with van der Waals surface area (Å²) in [4.78, 5) is 22.6. The molecule has 2 amide bonds. The minimum Gasteiger partial charge on any atom is -0.508 e. The molecule has 6 heteroatoms. The molecular formula is C14H16N2O4. The molecule has 0 aliphatic heterocycles. The first-order chi connectivity index (χ1) is 9.52. The summed E-state index contributed by atoms with van der Waals surface area (Å²) in [6, 6.07) is 4.50. The number of carbonyl (C=O) groups excluding carboxylic acids is 1. The van der Waals surface area contributed by atoms with Crippen LogP contribution < -0.4 is 10.6 Å². The van der Waals surface area contributed by atoms with Crippen molar-refractivity contribution in [2.24, 2.45) is 0 Å². The average Bonchev–Trinajstić information content (AvgIpc) is 2.40. The van der Waals surface area contributed by atoms with Crippen LogP contribution in [-0.2, 0) is 11.2 Å². The number of aromatic hydroxyl groups is 1. The Morgan fingerprint density at radius 2 is 1.95 bits per heavy atom. The minimum atomic E-state index is -1.13. The fraction of sp³-hybridized carbons (Fsp3) is 0.286. The molecule has 0 aromatic heterocycles. The second-order valence-corrected chi connectivity index (χ2v) is 4.02. The number of hydrogen-bond donors (Lipinski definition) is 4. The monoisotopic (exact) mass is 276 g/mol. The zero-order chi connectivity index (χ0) is 15.0. The fourth-order valence-corrected chi connectivity index (χ4v) is 1.49. The van der Waals surface area contributed by atoms with Gasteiger partial charge in [-0.05, 0) is 24.6 Å². The molecule has 1 atom stereocenters. The van der Waals surface area contributed by atoms with Crippen LogP contribution in [0.1, 0.15) is 12.5 Å². The summed E-state index contributed by atoms with van der Waals surface area (Å²) in [7, 11) is 0. The van der Waals surface area contributed by atoms with Crippen LogP contribution in [0, 0.1) is 11.8 Å². The molecule has 1 aromatic rings. The van der Waals surface area contributed by atoms with E-state index in [4.69, 9.17) is 10.2 Å². The van der Waals surface area contributed by atoms with E-state index in [1.54, 1.807) is 19.1 Å². The predicted octanol–water partition coefficient (Wildman–Crippen LogP) is 0.710. The fourth-order valence-electron chi connectivity index (χ4n) is 1.49. The first kappa shape index (κ1) is 15.4. The third-order valence-corrected chi connectivity index (χ3v) is 2.49. The Morgan fingerprint density at radius 1 is 1.30 bits per heavy atom. The number of rotatable bonds is 5. The highest BCUT2D eigenvalue weighted by atomic mass is 16.4. The van der Waals surface area contributed by atoms with Crippen molar-refractivity contribution in [2.75, 3.05) is 6.54 Å². The second kappa shape index (κ2) is 7.69. The van der Waals surface area contributed by atoms with Crippen molar-refractivity contribution >= 4 is 12.0 Å². The molecule has 106 valence electrons. The zero-order valence-electron chi connectivity index (χ0n) is 11.0. The smallest absolute Gasteiger partial charge is 0.326 e. The normalized spacial score (nSPS) is 10.8. The van der Waals surface area contributed by atoms with Crippen molar-refractivity contribution < 1.29 is 19.8 Å². The lowest BCUT2D eigenvalue weighted by Crippen LogP contribution is -2.47. The molecule has 1 aromatic carbocycles. The molecule has 0 fully saturated rings. The number of amides is 2. The summed E-state index contributed by atoms with van der Waals surface area (Å²) >= 11 is 0. The molecule has 4 N–H and O–H groups in total. The number of phenols is 1. The van der Waals surface area contributed by atoms with Gasteiger partial charge in [0.2, 0.25) is 0 Å². The molecule has 6 nitrogen and oxygen atoms in total. The van der Waals surface area contributed by atoms with E-state index in [0.717, 1.165) is 0 Å². The largest absolute Gasteiger partial charge is 0.508 e. The molecule has 0 aliphatic rings. The zero-order valence-corrected chi connectivity index (χ0v) is 11.0. The number of carboxylic acids is 1. The Labute approximate surface area is 116 Å². The van der Waals surface area contributed by atoms with Crippen molar-refractivity contribution in [3.63, 3.8) is 0 Å². The quantitative estimate of drug-likeness (QED) is 0.595. The standard InChI is InChI=1S/C14H16N2O4/c1-2-3-8-15-14(20)16-12(13(18)19)9-10-4-6-11(17)7-5-10/h4-7,12,17H,8-9H2,1H3,(H,18,19)(H2,15,16,20)/t12-/m0/s1. The molecule has 0 saturated carbocycles. The summed E-state index contributed by atoms with van der Waals surface area (Å²) in [6.07, 6.45) is 0.127. The van der Waals surface area contributed by atoms with Crippen LogP contribution in [0.4, 0.5) is 4.79 Å². The van der Waals surface area contributed by atoms with Gasteiger partial charge in [-0.1, -0.05) is 18.1 Å². The summed E-state index contributed by atoms with van der Waals surface area (Å²) < 4.78 is 0. The van der Waals surface area contributed by atoms with Gasteiger partial charge in [-0.25, -0.2) is 9.59 Å². The lowest BCUT2D eigenvalue weighted by atomic mass is 10.1. The Balaban J connectivity index is 2.60. The van der Waals surface area contributed by atoms with E-state index in [-0.39, 0.29) is 18.7 Å². The summed E-state index contributed by atoms with van der Waals surface area (Å²) in [5.74, 6) is 4.22. The third-order valence-electron chi connectivity index (χ3n) is 2.49. The van der Waals surface area contributed by atoms with E-state index in [1.807, 2.05) is 0 Å². The highest BCUT2D eigenvalue weighted by Gasteiger charge is 2.20. The topological polar surface area (TPSA) is 98.7 Å². The minimum absolute atomic E-state index is 0.101. The van der Waals surface area contributed by atoms with E-state index in [9.17, 15) is 9.59 Å². The second-order valence-electron chi connectivity index (χ2n) is 4.02. The first-order valence-electron chi connectivity index (χ1n) is 5.97. The summed E-state index contributed by atoms with van der Waals surface area (Å²) in [6.45, 7) is 1.80. The number of carboxylic acid groups (broad SMARTS) is 1. The Hall–Kier alpha value is -2.68. The Bertz CT molecular complexity index is 528. The van der Waals surface area contributed by atoms with Crippen LogP contribution in [-0.4, -0.2) is 34.8 Å². The van der Waals surface area contributed by atoms with Gasteiger partial charge < -0.3 is 20.8 Å². The highest BCUT2D eigenvalue weighted by Crippen LogP contribution is 2.11. The first-order valence-corrected chi connectivity index (χ1v) is 5.97. The molecule has 1 rings (SSSR count). The number of urea groups is 1. The van der Waals surface area contributed by atoms with E-state index in [1.165, 1.54) is 12.1 Å². The lowest BCUT2D eigenvalue weighted by molar-refractivity contribution is -0.139. The number of benzene rings is 1. The number of hydrogen-bond acceptors (Lipinski definition) is 3. The predicted molar refractivity (Wildman–Crippen MR) is 73.2 cm³/mol. The molecule has 0 radical (unpaired) electrons. The molecule has 0 spiro atoms. The van der Waals surface area contributed by atoms with E-state index < -0.39 is 18.0 Å². The summed E-state index contributed by atoms with van der Waals surface area (Å²) in [5.41, 5.74) is 0.698. The van der Waals surface area contributed by atoms with E-state index in [0.29, 0.717) is 5.56 Å². The maximum absolute atomic E-state index is 11.5. The van der Waals surface area contributed by atoms with Gasteiger partial charge in [0, 0.05) is 6.42 Å². The van der Waals surface area contributed by atoms with Crippen molar-refractivity contribution in [1.29, 1.82) is 0 Å². The number of carbonyl (C=O) groups is 2. The molecular weight excluding hydrogens is 260 g/mol. The van der Waals surface area contributed by atoms with Gasteiger partial charge in [0.1, 0.15) is 11.8 Å². The molecule has 0 unspecified atom stereocenters.